The summed E-state index contributed by atoms with van der Waals surface area (Å²) in [5, 5.41) is 0. The Morgan fingerprint density at radius 1 is 1.38 bits per heavy atom. The molecule has 0 atom stereocenters. The predicted molar refractivity (Wildman–Crippen MR) is 44.9 cm³/mol. The number of nitrogens with one attached hydrogen (secondary N) is 1. The van der Waals surface area contributed by atoms with E-state index >= 15 is 0 Å². The Hall–Kier alpha value is -1.16. The van der Waals surface area contributed by atoms with Gasteiger partial charge >= 0.3 is 0 Å². The van der Waals surface area contributed by atoms with Crippen molar-refractivity contribution in [1.82, 2.24) is 5.73 Å². The maximum absolute atomic E-state index is 13.1. The molecule has 1 aromatic rings. The van der Waals surface area contributed by atoms with Crippen molar-refractivity contribution >= 4 is 0 Å². The molecule has 1 radical (unpaired) electrons. The fourth-order valence-electron chi connectivity index (χ4n) is 1.04. The smallest absolute Gasteiger partial charge is 0.290 e. The van der Waals surface area contributed by atoms with Crippen LogP contribution in [0.15, 0.2) is 24.3 Å². The van der Waals surface area contributed by atoms with Gasteiger partial charge in [0.25, 0.3) is 5.92 Å². The molecular formula is C9H10F2NO. The Morgan fingerprint density at radius 2 is 2.00 bits per heavy atom. The molecule has 2 nitrogen and oxygen atoms in total. The zero-order valence-electron chi connectivity index (χ0n) is 7.18. The second kappa shape index (κ2) is 3.70. The van der Waals surface area contributed by atoms with Crippen LogP contribution >= 0.6 is 0 Å². The van der Waals surface area contributed by atoms with Gasteiger partial charge in [0.2, 0.25) is 0 Å². The monoisotopic (exact) mass is 186 g/mol. The minimum absolute atomic E-state index is 0.125. The van der Waals surface area contributed by atoms with Gasteiger partial charge in [0.15, 0.2) is 0 Å². The highest BCUT2D eigenvalue weighted by Crippen LogP contribution is 2.33. The summed E-state index contributed by atoms with van der Waals surface area (Å²) in [6.45, 7) is -0.965. The van der Waals surface area contributed by atoms with Crippen molar-refractivity contribution in [2.45, 2.75) is 5.92 Å². The Kier molecular flexibility index (Phi) is 2.83. The highest BCUT2D eigenvalue weighted by molar-refractivity contribution is 5.36. The molecule has 0 bridgehead atoms. The highest BCUT2D eigenvalue weighted by atomic mass is 19.3. The average Bonchev–Trinajstić information content (AvgIpc) is 2.18. The van der Waals surface area contributed by atoms with Crippen LogP contribution in [0.5, 0.6) is 5.75 Å². The number of alkyl halides is 2. The second-order valence-electron chi connectivity index (χ2n) is 2.58. The van der Waals surface area contributed by atoms with Crippen molar-refractivity contribution in [1.29, 1.82) is 0 Å². The van der Waals surface area contributed by atoms with Gasteiger partial charge in [-0.25, -0.2) is 0 Å². The molecule has 0 aliphatic heterocycles. The van der Waals surface area contributed by atoms with Crippen molar-refractivity contribution in [3.05, 3.63) is 29.8 Å². The summed E-state index contributed by atoms with van der Waals surface area (Å²) in [5.41, 5.74) is 6.48. The van der Waals surface area contributed by atoms with E-state index in [2.05, 4.69) is 0 Å². The lowest BCUT2D eigenvalue weighted by Gasteiger charge is -2.16. The van der Waals surface area contributed by atoms with E-state index in [9.17, 15) is 8.78 Å². The summed E-state index contributed by atoms with van der Waals surface area (Å²) in [4.78, 5) is 0. The van der Waals surface area contributed by atoms with Gasteiger partial charge in [-0.2, -0.15) is 8.78 Å². The van der Waals surface area contributed by atoms with Gasteiger partial charge in [0.05, 0.1) is 19.2 Å². The van der Waals surface area contributed by atoms with Crippen molar-refractivity contribution in [3.63, 3.8) is 0 Å². The highest BCUT2D eigenvalue weighted by Gasteiger charge is 2.32. The van der Waals surface area contributed by atoms with E-state index in [0.29, 0.717) is 0 Å². The number of benzene rings is 1. The van der Waals surface area contributed by atoms with Crippen LogP contribution in [-0.4, -0.2) is 13.7 Å². The van der Waals surface area contributed by atoms with Gasteiger partial charge in [0.1, 0.15) is 5.75 Å². The average molecular weight is 186 g/mol. The van der Waals surface area contributed by atoms with Crippen molar-refractivity contribution in [2.24, 2.45) is 0 Å². The lowest BCUT2D eigenvalue weighted by Crippen LogP contribution is -2.20. The van der Waals surface area contributed by atoms with Gasteiger partial charge in [-0.1, -0.05) is 12.1 Å². The van der Waals surface area contributed by atoms with Crippen molar-refractivity contribution < 1.29 is 13.5 Å². The van der Waals surface area contributed by atoms with Crippen molar-refractivity contribution in [2.75, 3.05) is 13.7 Å². The van der Waals surface area contributed by atoms with E-state index in [4.69, 9.17) is 10.5 Å². The predicted octanol–water partition coefficient (Wildman–Crippen LogP) is 2.07. The Labute approximate surface area is 75.3 Å². The SMILES string of the molecule is COc1ccccc1C(F)(F)C[NH]. The van der Waals surface area contributed by atoms with Gasteiger partial charge in [-0.3, -0.25) is 5.73 Å². The third-order valence-electron chi connectivity index (χ3n) is 1.72. The van der Waals surface area contributed by atoms with Crippen LogP contribution in [0.4, 0.5) is 8.78 Å². The Morgan fingerprint density at radius 3 is 2.54 bits per heavy atom. The molecule has 13 heavy (non-hydrogen) atoms. The first-order chi connectivity index (χ1) is 6.11. The zero-order chi connectivity index (χ0) is 9.90. The normalized spacial score (nSPS) is 11.4. The molecule has 4 heteroatoms. The fourth-order valence-corrected chi connectivity index (χ4v) is 1.04. The Balaban J connectivity index is 3.12. The van der Waals surface area contributed by atoms with E-state index in [1.165, 1.54) is 25.3 Å². The van der Waals surface area contributed by atoms with Crippen LogP contribution in [0.1, 0.15) is 5.56 Å². The molecule has 0 unspecified atom stereocenters. The first-order valence-electron chi connectivity index (χ1n) is 3.77. The van der Waals surface area contributed by atoms with Crippen LogP contribution in [0, 0.1) is 0 Å². The number of hydrogen-bond acceptors (Lipinski definition) is 1. The van der Waals surface area contributed by atoms with Crippen LogP contribution in [0.3, 0.4) is 0 Å². The van der Waals surface area contributed by atoms with Gasteiger partial charge in [-0.15, -0.1) is 0 Å². The topological polar surface area (TPSA) is 33.0 Å². The molecule has 0 aliphatic carbocycles. The molecule has 1 N–H and O–H groups in total. The first kappa shape index (κ1) is 9.92. The molecular weight excluding hydrogens is 176 g/mol. The molecule has 0 aliphatic rings. The van der Waals surface area contributed by atoms with Crippen LogP contribution in [-0.2, 0) is 5.92 Å². The van der Waals surface area contributed by atoms with E-state index in [-0.39, 0.29) is 11.3 Å². The standard InChI is InChI=1S/C9H10F2NO/c1-13-8-5-3-2-4-7(8)9(10,11)6-12/h2-5,12H,6H2,1H3. The maximum Gasteiger partial charge on any atom is 0.290 e. The van der Waals surface area contributed by atoms with E-state index in [1.807, 2.05) is 0 Å². The molecule has 0 saturated carbocycles. The third kappa shape index (κ3) is 1.95. The van der Waals surface area contributed by atoms with Crippen LogP contribution in [0.25, 0.3) is 0 Å². The van der Waals surface area contributed by atoms with Crippen LogP contribution < -0.4 is 10.5 Å². The maximum atomic E-state index is 13.1. The van der Waals surface area contributed by atoms with E-state index in [1.54, 1.807) is 6.07 Å². The lowest BCUT2D eigenvalue weighted by atomic mass is 10.1. The zero-order valence-corrected chi connectivity index (χ0v) is 7.18. The first-order valence-corrected chi connectivity index (χ1v) is 3.77. The molecule has 0 aromatic heterocycles. The summed E-state index contributed by atoms with van der Waals surface area (Å²) in [6.07, 6.45) is 0. The fraction of sp³-hybridized carbons (Fsp3) is 0.333. The van der Waals surface area contributed by atoms with Gasteiger partial charge in [0, 0.05) is 0 Å². The molecule has 0 saturated heterocycles. The number of methoxy groups -OCH3 is 1. The summed E-state index contributed by atoms with van der Waals surface area (Å²) >= 11 is 0. The summed E-state index contributed by atoms with van der Waals surface area (Å²) in [6, 6.07) is 5.84. The molecule has 0 amide bonds. The molecule has 0 heterocycles. The number of rotatable bonds is 3. The summed E-state index contributed by atoms with van der Waals surface area (Å²) < 4.78 is 30.9. The van der Waals surface area contributed by atoms with E-state index in [0.717, 1.165) is 0 Å². The largest absolute Gasteiger partial charge is 0.496 e. The van der Waals surface area contributed by atoms with Gasteiger partial charge in [-0.05, 0) is 12.1 Å². The minimum Gasteiger partial charge on any atom is -0.496 e. The second-order valence-corrected chi connectivity index (χ2v) is 2.58. The van der Waals surface area contributed by atoms with Crippen LogP contribution in [0.2, 0.25) is 0 Å². The number of hydrogen-bond donors (Lipinski definition) is 0. The molecule has 71 valence electrons. The Bertz CT molecular complexity index is 289. The number of para-hydroxylation sites is 1. The quantitative estimate of drug-likeness (QED) is 0.711. The summed E-state index contributed by atoms with van der Waals surface area (Å²) in [5.74, 6) is -3.01. The number of ether oxygens (including phenoxy) is 1. The van der Waals surface area contributed by atoms with Crippen molar-refractivity contribution in [3.8, 4) is 5.75 Å². The lowest BCUT2D eigenvalue weighted by molar-refractivity contribution is 0.00202. The molecule has 1 aromatic carbocycles. The van der Waals surface area contributed by atoms with Gasteiger partial charge < -0.3 is 4.74 Å². The minimum atomic E-state index is -3.13. The summed E-state index contributed by atoms with van der Waals surface area (Å²) in [7, 11) is 1.33. The number of halogens is 2. The molecule has 0 spiro atoms. The third-order valence-corrected chi connectivity index (χ3v) is 1.72. The molecule has 0 fully saturated rings. The molecule has 1 rings (SSSR count). The van der Waals surface area contributed by atoms with E-state index < -0.39 is 12.5 Å².